The van der Waals surface area contributed by atoms with Crippen molar-refractivity contribution in [2.24, 2.45) is 0 Å². The van der Waals surface area contributed by atoms with Crippen molar-refractivity contribution in [2.45, 2.75) is 4.90 Å². The number of nitrogens with one attached hydrogen (secondary N) is 2. The van der Waals surface area contributed by atoms with Crippen LogP contribution in [-0.2, 0) is 10.0 Å². The molecule has 0 atom stereocenters. The van der Waals surface area contributed by atoms with Crippen molar-refractivity contribution < 1.29 is 8.42 Å². The minimum atomic E-state index is -3.86. The van der Waals surface area contributed by atoms with Gasteiger partial charge in [-0.15, -0.1) is 0 Å². The summed E-state index contributed by atoms with van der Waals surface area (Å²) in [4.78, 5) is 9.12. The zero-order valence-electron chi connectivity index (χ0n) is 14.8. The monoisotopic (exact) mass is 488 g/mol. The van der Waals surface area contributed by atoms with Crippen molar-refractivity contribution >= 4 is 65.9 Å². The Kier molecular flexibility index (Phi) is 5.40. The number of halogens is 2. The van der Waals surface area contributed by atoms with Crippen LogP contribution in [-0.4, -0.2) is 18.4 Å². The SMILES string of the molecule is O=S(=O)(Nc1nc2ccccc2nc1Nc1cccc(Cl)c1)c1ccc(Br)cc1. The van der Waals surface area contributed by atoms with Crippen LogP contribution >= 0.6 is 27.5 Å². The topological polar surface area (TPSA) is 84.0 Å². The Morgan fingerprint density at radius 1 is 0.828 bits per heavy atom. The number of sulfonamides is 1. The minimum Gasteiger partial charge on any atom is -0.337 e. The third-order valence-corrected chi connectivity index (χ3v) is 6.13. The maximum absolute atomic E-state index is 12.9. The van der Waals surface area contributed by atoms with E-state index >= 15 is 0 Å². The highest BCUT2D eigenvalue weighted by molar-refractivity contribution is 9.10. The molecule has 0 saturated heterocycles. The van der Waals surface area contributed by atoms with Gasteiger partial charge >= 0.3 is 0 Å². The van der Waals surface area contributed by atoms with Crippen LogP contribution in [0.1, 0.15) is 0 Å². The van der Waals surface area contributed by atoms with Gasteiger partial charge in [0, 0.05) is 15.2 Å². The highest BCUT2D eigenvalue weighted by atomic mass is 79.9. The molecule has 1 aromatic heterocycles. The van der Waals surface area contributed by atoms with Crippen LogP contribution in [0.15, 0.2) is 82.2 Å². The second-order valence-electron chi connectivity index (χ2n) is 6.10. The first-order chi connectivity index (χ1) is 13.9. The molecule has 9 heteroatoms. The van der Waals surface area contributed by atoms with E-state index in [-0.39, 0.29) is 16.5 Å². The van der Waals surface area contributed by atoms with Crippen molar-refractivity contribution in [3.05, 3.63) is 82.3 Å². The van der Waals surface area contributed by atoms with Crippen molar-refractivity contribution in [2.75, 3.05) is 10.0 Å². The minimum absolute atomic E-state index is 0.0894. The molecule has 146 valence electrons. The molecule has 3 aromatic carbocycles. The third kappa shape index (κ3) is 4.50. The molecule has 4 aromatic rings. The van der Waals surface area contributed by atoms with Crippen molar-refractivity contribution in [3.63, 3.8) is 0 Å². The molecule has 1 heterocycles. The van der Waals surface area contributed by atoms with Gasteiger partial charge in [-0.2, -0.15) is 0 Å². The van der Waals surface area contributed by atoms with Crippen LogP contribution < -0.4 is 10.0 Å². The van der Waals surface area contributed by atoms with Crippen LogP contribution in [0.25, 0.3) is 11.0 Å². The highest BCUT2D eigenvalue weighted by Crippen LogP contribution is 2.28. The van der Waals surface area contributed by atoms with Gasteiger partial charge in [-0.1, -0.05) is 45.7 Å². The standard InChI is InChI=1S/C20H14BrClN4O2S/c21-13-8-10-16(11-9-13)29(27,28)26-20-19(23-15-5-3-4-14(22)12-15)24-17-6-1-2-7-18(17)25-20/h1-12H,(H,23,24)(H,25,26). The Morgan fingerprint density at radius 3 is 2.14 bits per heavy atom. The van der Waals surface area contributed by atoms with Crippen molar-refractivity contribution in [3.8, 4) is 0 Å². The molecule has 0 unspecified atom stereocenters. The first-order valence-corrected chi connectivity index (χ1v) is 11.1. The lowest BCUT2D eigenvalue weighted by Gasteiger charge is -2.14. The van der Waals surface area contributed by atoms with Gasteiger partial charge < -0.3 is 5.32 Å². The molecule has 0 aliphatic heterocycles. The lowest BCUT2D eigenvalue weighted by molar-refractivity contribution is 0.601. The van der Waals surface area contributed by atoms with E-state index in [0.29, 0.717) is 21.7 Å². The van der Waals surface area contributed by atoms with Gasteiger partial charge in [-0.3, -0.25) is 4.72 Å². The fraction of sp³-hybridized carbons (Fsp3) is 0. The zero-order valence-corrected chi connectivity index (χ0v) is 18.0. The van der Waals surface area contributed by atoms with Gasteiger partial charge in [0.1, 0.15) is 0 Å². The van der Waals surface area contributed by atoms with Gasteiger partial charge in [0.15, 0.2) is 11.6 Å². The van der Waals surface area contributed by atoms with Gasteiger partial charge in [-0.25, -0.2) is 18.4 Å². The summed E-state index contributed by atoms with van der Waals surface area (Å²) >= 11 is 9.36. The normalized spacial score (nSPS) is 11.4. The molecule has 0 bridgehead atoms. The van der Waals surface area contributed by atoms with E-state index in [2.05, 4.69) is 35.9 Å². The second-order valence-corrected chi connectivity index (χ2v) is 9.14. The average Bonchev–Trinajstić information content (AvgIpc) is 2.68. The largest absolute Gasteiger partial charge is 0.337 e. The molecule has 4 rings (SSSR count). The zero-order chi connectivity index (χ0) is 20.4. The molecule has 0 amide bonds. The van der Waals surface area contributed by atoms with Crippen LogP contribution in [0.5, 0.6) is 0 Å². The highest BCUT2D eigenvalue weighted by Gasteiger charge is 2.19. The van der Waals surface area contributed by atoms with E-state index in [1.54, 1.807) is 48.5 Å². The predicted octanol–water partition coefficient (Wildman–Crippen LogP) is 5.59. The first kappa shape index (κ1) is 19.6. The number of fused-ring (bicyclic) bond motifs is 1. The molecule has 0 fully saturated rings. The number of hydrogen-bond acceptors (Lipinski definition) is 5. The average molecular weight is 490 g/mol. The fourth-order valence-corrected chi connectivity index (χ4v) is 4.12. The Morgan fingerprint density at radius 2 is 1.48 bits per heavy atom. The number of anilines is 3. The Hall–Kier alpha value is -2.68. The Labute approximate surface area is 181 Å². The lowest BCUT2D eigenvalue weighted by Crippen LogP contribution is -2.16. The predicted molar refractivity (Wildman–Crippen MR) is 119 cm³/mol. The van der Waals surface area contributed by atoms with Gasteiger partial charge in [0.2, 0.25) is 0 Å². The van der Waals surface area contributed by atoms with Crippen molar-refractivity contribution in [1.82, 2.24) is 9.97 Å². The van der Waals surface area contributed by atoms with E-state index in [1.807, 2.05) is 12.1 Å². The molecular formula is C20H14BrClN4O2S. The van der Waals surface area contributed by atoms with Crippen LogP contribution in [0.2, 0.25) is 5.02 Å². The number of benzene rings is 3. The molecule has 29 heavy (non-hydrogen) atoms. The lowest BCUT2D eigenvalue weighted by atomic mass is 10.3. The summed E-state index contributed by atoms with van der Waals surface area (Å²) in [7, 11) is -3.86. The third-order valence-electron chi connectivity index (χ3n) is 4.01. The summed E-state index contributed by atoms with van der Waals surface area (Å²) in [5, 5.41) is 3.64. The van der Waals surface area contributed by atoms with E-state index in [9.17, 15) is 8.42 Å². The summed E-state index contributed by atoms with van der Waals surface area (Å²) in [5.41, 5.74) is 1.85. The fourth-order valence-electron chi connectivity index (χ4n) is 2.66. The van der Waals surface area contributed by atoms with E-state index in [4.69, 9.17) is 11.6 Å². The molecule has 0 radical (unpaired) electrons. The van der Waals surface area contributed by atoms with E-state index in [0.717, 1.165) is 4.47 Å². The van der Waals surface area contributed by atoms with Gasteiger partial charge in [-0.05, 0) is 54.6 Å². The van der Waals surface area contributed by atoms with E-state index in [1.165, 1.54) is 12.1 Å². The second kappa shape index (κ2) is 7.98. The molecular weight excluding hydrogens is 476 g/mol. The summed E-state index contributed by atoms with van der Waals surface area (Å²) in [5.74, 6) is 0.359. The molecule has 0 aliphatic carbocycles. The Bertz CT molecular complexity index is 1300. The number of rotatable bonds is 5. The molecule has 6 nitrogen and oxygen atoms in total. The van der Waals surface area contributed by atoms with Gasteiger partial charge in [0.05, 0.1) is 15.9 Å². The van der Waals surface area contributed by atoms with Gasteiger partial charge in [0.25, 0.3) is 10.0 Å². The van der Waals surface area contributed by atoms with Crippen LogP contribution in [0.4, 0.5) is 17.3 Å². The Balaban J connectivity index is 1.78. The van der Waals surface area contributed by atoms with E-state index < -0.39 is 10.0 Å². The summed E-state index contributed by atoms with van der Waals surface area (Å²) < 4.78 is 29.0. The first-order valence-electron chi connectivity index (χ1n) is 8.48. The smallest absolute Gasteiger partial charge is 0.263 e. The van der Waals surface area contributed by atoms with Crippen LogP contribution in [0.3, 0.4) is 0 Å². The number of nitrogens with zero attached hydrogens (tertiary/aromatic N) is 2. The van der Waals surface area contributed by atoms with Crippen molar-refractivity contribution in [1.29, 1.82) is 0 Å². The molecule has 0 saturated carbocycles. The maximum Gasteiger partial charge on any atom is 0.263 e. The quantitative estimate of drug-likeness (QED) is 0.382. The van der Waals surface area contributed by atoms with Crippen LogP contribution in [0, 0.1) is 0 Å². The summed E-state index contributed by atoms with van der Waals surface area (Å²) in [6.45, 7) is 0. The summed E-state index contributed by atoms with van der Waals surface area (Å²) in [6.07, 6.45) is 0. The summed E-state index contributed by atoms with van der Waals surface area (Å²) in [6, 6.07) is 20.6. The molecule has 2 N–H and O–H groups in total. The molecule has 0 spiro atoms. The molecule has 0 aliphatic rings. The maximum atomic E-state index is 12.9. The number of aromatic nitrogens is 2. The number of para-hydroxylation sites is 2. The number of hydrogen-bond donors (Lipinski definition) is 2.